The Morgan fingerprint density at radius 1 is 1.10 bits per heavy atom. The minimum absolute atomic E-state index is 0.112. The summed E-state index contributed by atoms with van der Waals surface area (Å²) in [7, 11) is 0. The molecular formula is C29H46O2. The number of esters is 1. The second-order valence-electron chi connectivity index (χ2n) is 12.4. The van der Waals surface area contributed by atoms with Gasteiger partial charge in [-0.3, -0.25) is 4.79 Å². The molecule has 0 spiro atoms. The maximum Gasteiger partial charge on any atom is 0.302 e. The van der Waals surface area contributed by atoms with Crippen molar-refractivity contribution in [3.05, 3.63) is 23.3 Å². The zero-order chi connectivity index (χ0) is 22.4. The van der Waals surface area contributed by atoms with E-state index in [1.165, 1.54) is 51.4 Å². The average molecular weight is 427 g/mol. The summed E-state index contributed by atoms with van der Waals surface area (Å²) in [5, 5.41) is 0. The van der Waals surface area contributed by atoms with Gasteiger partial charge >= 0.3 is 5.97 Å². The summed E-state index contributed by atoms with van der Waals surface area (Å²) in [5.74, 6) is 3.73. The minimum Gasteiger partial charge on any atom is -0.463 e. The molecule has 2 nitrogen and oxygen atoms in total. The van der Waals surface area contributed by atoms with E-state index in [-0.39, 0.29) is 12.1 Å². The lowest BCUT2D eigenvalue weighted by Crippen LogP contribution is -2.48. The van der Waals surface area contributed by atoms with Gasteiger partial charge in [-0.05, 0) is 96.5 Å². The number of carbonyl (C=O) groups is 1. The molecule has 0 N–H and O–H groups in total. The summed E-state index contributed by atoms with van der Waals surface area (Å²) in [5.41, 5.74) is 4.21. The lowest BCUT2D eigenvalue weighted by molar-refractivity contribution is -0.151. The Hall–Kier alpha value is -1.05. The lowest BCUT2D eigenvalue weighted by atomic mass is 9.48. The molecule has 4 aliphatic rings. The van der Waals surface area contributed by atoms with Gasteiger partial charge in [0.25, 0.3) is 0 Å². The first-order valence-corrected chi connectivity index (χ1v) is 13.2. The van der Waals surface area contributed by atoms with Crippen molar-refractivity contribution in [1.29, 1.82) is 0 Å². The molecule has 4 aliphatic carbocycles. The Labute approximate surface area is 191 Å². The first-order chi connectivity index (χ1) is 14.6. The Kier molecular flexibility index (Phi) is 6.50. The van der Waals surface area contributed by atoms with Gasteiger partial charge in [0.05, 0.1) is 0 Å². The van der Waals surface area contributed by atoms with Crippen LogP contribution < -0.4 is 0 Å². The van der Waals surface area contributed by atoms with Gasteiger partial charge in [-0.25, -0.2) is 0 Å². The van der Waals surface area contributed by atoms with Crippen LogP contribution in [0.4, 0.5) is 0 Å². The Balaban J connectivity index is 1.48. The normalized spacial score (nSPS) is 40.4. The second-order valence-corrected chi connectivity index (χ2v) is 12.4. The van der Waals surface area contributed by atoms with Crippen LogP contribution in [0.2, 0.25) is 0 Å². The molecule has 0 bridgehead atoms. The molecule has 31 heavy (non-hydrogen) atoms. The van der Waals surface area contributed by atoms with E-state index in [9.17, 15) is 4.79 Å². The van der Waals surface area contributed by atoms with Gasteiger partial charge in [0.1, 0.15) is 6.10 Å². The average Bonchev–Trinajstić information content (AvgIpc) is 3.05. The summed E-state index contributed by atoms with van der Waals surface area (Å²) >= 11 is 0. The van der Waals surface area contributed by atoms with Crippen molar-refractivity contribution in [2.45, 2.75) is 112 Å². The van der Waals surface area contributed by atoms with E-state index in [1.807, 2.05) is 0 Å². The van der Waals surface area contributed by atoms with Gasteiger partial charge in [-0.15, -0.1) is 0 Å². The molecule has 2 fully saturated rings. The van der Waals surface area contributed by atoms with Crippen LogP contribution in [0.1, 0.15) is 106 Å². The summed E-state index contributed by atoms with van der Waals surface area (Å²) in [6.45, 7) is 13.9. The summed E-state index contributed by atoms with van der Waals surface area (Å²) < 4.78 is 5.62. The van der Waals surface area contributed by atoms with Gasteiger partial charge in [0.15, 0.2) is 0 Å². The van der Waals surface area contributed by atoms with Crippen molar-refractivity contribution in [1.82, 2.24) is 0 Å². The van der Waals surface area contributed by atoms with E-state index in [0.29, 0.717) is 22.7 Å². The third-order valence-corrected chi connectivity index (χ3v) is 10.0. The van der Waals surface area contributed by atoms with Gasteiger partial charge in [0.2, 0.25) is 0 Å². The zero-order valence-electron chi connectivity index (χ0n) is 21.0. The molecule has 0 aliphatic heterocycles. The number of ether oxygens (including phenoxy) is 1. The van der Waals surface area contributed by atoms with Gasteiger partial charge in [-0.1, -0.05) is 66.0 Å². The van der Waals surface area contributed by atoms with E-state index >= 15 is 0 Å². The predicted octanol–water partition coefficient (Wildman–Crippen LogP) is 7.88. The number of rotatable bonds is 6. The number of hydrogen-bond acceptors (Lipinski definition) is 2. The van der Waals surface area contributed by atoms with Crippen LogP contribution in [0.5, 0.6) is 0 Å². The van der Waals surface area contributed by atoms with Crippen LogP contribution in [0, 0.1) is 40.4 Å². The molecule has 0 aromatic carbocycles. The first-order valence-electron chi connectivity index (χ1n) is 13.2. The van der Waals surface area contributed by atoms with Crippen molar-refractivity contribution < 1.29 is 9.53 Å². The third-order valence-electron chi connectivity index (χ3n) is 10.0. The van der Waals surface area contributed by atoms with Crippen LogP contribution >= 0.6 is 0 Å². The van der Waals surface area contributed by atoms with Crippen molar-refractivity contribution in [3.8, 4) is 0 Å². The minimum atomic E-state index is -0.112. The van der Waals surface area contributed by atoms with Gasteiger partial charge in [-0.2, -0.15) is 0 Å². The van der Waals surface area contributed by atoms with Crippen LogP contribution in [-0.4, -0.2) is 12.1 Å². The summed E-state index contributed by atoms with van der Waals surface area (Å²) in [6, 6.07) is 0. The number of hydrogen-bond donors (Lipinski definition) is 0. The number of carbonyl (C=O) groups excluding carboxylic acids is 1. The predicted molar refractivity (Wildman–Crippen MR) is 129 cm³/mol. The van der Waals surface area contributed by atoms with Gasteiger partial charge in [0, 0.05) is 6.92 Å². The highest BCUT2D eigenvalue weighted by Gasteiger charge is 2.55. The van der Waals surface area contributed by atoms with E-state index in [2.05, 4.69) is 46.8 Å². The zero-order valence-corrected chi connectivity index (χ0v) is 21.0. The highest BCUT2D eigenvalue weighted by atomic mass is 16.5. The lowest BCUT2D eigenvalue weighted by Gasteiger charge is -2.56. The third kappa shape index (κ3) is 4.18. The molecule has 2 heteroatoms. The van der Waals surface area contributed by atoms with Crippen LogP contribution in [0.15, 0.2) is 23.3 Å². The molecule has 0 heterocycles. The monoisotopic (exact) mass is 426 g/mol. The molecule has 0 radical (unpaired) electrons. The summed E-state index contributed by atoms with van der Waals surface area (Å²) in [6.07, 6.45) is 18.0. The molecular weight excluding hydrogens is 380 g/mol. The van der Waals surface area contributed by atoms with Crippen molar-refractivity contribution in [2.75, 3.05) is 0 Å². The topological polar surface area (TPSA) is 26.3 Å². The molecule has 2 saturated carbocycles. The molecule has 4 rings (SSSR count). The fourth-order valence-electron chi connectivity index (χ4n) is 8.16. The molecule has 7 atom stereocenters. The molecule has 0 saturated heterocycles. The Morgan fingerprint density at radius 2 is 1.87 bits per heavy atom. The van der Waals surface area contributed by atoms with Crippen LogP contribution in [-0.2, 0) is 9.53 Å². The van der Waals surface area contributed by atoms with Crippen molar-refractivity contribution in [2.24, 2.45) is 40.4 Å². The summed E-state index contributed by atoms with van der Waals surface area (Å²) in [4.78, 5) is 11.5. The quantitative estimate of drug-likeness (QED) is 0.404. The largest absolute Gasteiger partial charge is 0.463 e. The Morgan fingerprint density at radius 3 is 2.58 bits per heavy atom. The van der Waals surface area contributed by atoms with E-state index in [4.69, 9.17) is 4.74 Å². The molecule has 0 amide bonds. The highest BCUT2D eigenvalue weighted by Crippen LogP contribution is 2.65. The van der Waals surface area contributed by atoms with Crippen molar-refractivity contribution in [3.63, 3.8) is 0 Å². The van der Waals surface area contributed by atoms with E-state index in [1.54, 1.807) is 18.1 Å². The highest BCUT2D eigenvalue weighted by molar-refractivity contribution is 5.66. The van der Waals surface area contributed by atoms with Crippen LogP contribution in [0.25, 0.3) is 0 Å². The Bertz CT molecular complexity index is 746. The fraction of sp³-hybridized carbons (Fsp3) is 0.828. The number of fused-ring (bicyclic) bond motifs is 5. The molecule has 0 unspecified atom stereocenters. The van der Waals surface area contributed by atoms with Gasteiger partial charge < -0.3 is 4.74 Å². The van der Waals surface area contributed by atoms with E-state index < -0.39 is 0 Å². The molecule has 174 valence electrons. The first kappa shape index (κ1) is 23.1. The second kappa shape index (κ2) is 8.71. The van der Waals surface area contributed by atoms with Crippen molar-refractivity contribution >= 4 is 5.97 Å². The smallest absolute Gasteiger partial charge is 0.302 e. The fourth-order valence-corrected chi connectivity index (χ4v) is 8.16. The standard InChI is InChI=1S/C29H46O2/c1-19(2)8-7-9-20(3)25-12-13-26-24-11-10-22-18-23(31-21(4)30)14-16-28(22,5)27(24)15-17-29(25,26)6/h11,13,19-20,22-23,25,27H,7-10,12,14-18H2,1-6H3/t20-,22+,23-,25+,27-,28+,29+/m1/s1. The molecule has 0 aromatic heterocycles. The maximum atomic E-state index is 11.5. The maximum absolute atomic E-state index is 11.5. The van der Waals surface area contributed by atoms with Crippen LogP contribution in [0.3, 0.4) is 0 Å². The number of allylic oxidation sites excluding steroid dienone is 4. The van der Waals surface area contributed by atoms with E-state index in [0.717, 1.165) is 30.6 Å². The SMILES string of the molecule is CC(=O)O[C@@H]1CC[C@@]2(C)[C@@H](CC=C3C4=CC[C@@H]([C@H](C)CCCC(C)C)[C@]4(C)CC[C@H]32)C1. The molecule has 0 aromatic rings.